The van der Waals surface area contributed by atoms with Gasteiger partial charge in [0.15, 0.2) is 0 Å². The van der Waals surface area contributed by atoms with Crippen LogP contribution in [0.5, 0.6) is 0 Å². The summed E-state index contributed by atoms with van der Waals surface area (Å²) >= 11 is 0. The van der Waals surface area contributed by atoms with Gasteiger partial charge in [0.2, 0.25) is 5.91 Å². The zero-order valence-corrected chi connectivity index (χ0v) is 12.7. The van der Waals surface area contributed by atoms with Crippen LogP contribution in [0.2, 0.25) is 0 Å². The Labute approximate surface area is 137 Å². The first-order valence-electron chi connectivity index (χ1n) is 7.47. The standard InChI is InChI=1S/C19H13FN3O/c20-15-8-3-6-13-17-14(19(21)24)7-4-9-16(17)23(18(13)15)11-12-5-1-2-10-22-12/h1-5,7-10H,11H2,(H2,21,24). The van der Waals surface area contributed by atoms with E-state index in [0.29, 0.717) is 28.4 Å². The maximum Gasteiger partial charge on any atom is 0.249 e. The van der Waals surface area contributed by atoms with Gasteiger partial charge in [-0.3, -0.25) is 9.78 Å². The molecule has 4 nitrogen and oxygen atoms in total. The highest BCUT2D eigenvalue weighted by Crippen LogP contribution is 2.33. The van der Waals surface area contributed by atoms with Gasteiger partial charge in [0.1, 0.15) is 5.82 Å². The molecule has 5 heteroatoms. The van der Waals surface area contributed by atoms with Crippen molar-refractivity contribution in [2.75, 3.05) is 0 Å². The molecule has 1 radical (unpaired) electrons. The van der Waals surface area contributed by atoms with Crippen LogP contribution in [0.3, 0.4) is 0 Å². The minimum absolute atomic E-state index is 0.360. The average Bonchev–Trinajstić information content (AvgIpc) is 2.91. The maximum atomic E-state index is 14.5. The van der Waals surface area contributed by atoms with Gasteiger partial charge < -0.3 is 10.3 Å². The predicted octanol–water partition coefficient (Wildman–Crippen LogP) is 3.28. The first-order valence-corrected chi connectivity index (χ1v) is 7.47. The molecule has 2 aromatic heterocycles. The Hall–Kier alpha value is -3.21. The molecule has 2 aromatic carbocycles. The van der Waals surface area contributed by atoms with Crippen molar-refractivity contribution in [3.8, 4) is 0 Å². The fourth-order valence-corrected chi connectivity index (χ4v) is 3.09. The molecule has 24 heavy (non-hydrogen) atoms. The van der Waals surface area contributed by atoms with Crippen LogP contribution in [-0.2, 0) is 6.54 Å². The third kappa shape index (κ3) is 2.13. The molecule has 0 saturated heterocycles. The number of primary amides is 1. The topological polar surface area (TPSA) is 60.9 Å². The van der Waals surface area contributed by atoms with Crippen molar-refractivity contribution in [1.29, 1.82) is 0 Å². The zero-order valence-electron chi connectivity index (χ0n) is 12.7. The average molecular weight is 318 g/mol. The van der Waals surface area contributed by atoms with Gasteiger partial charge in [-0.25, -0.2) is 4.39 Å². The summed E-state index contributed by atoms with van der Waals surface area (Å²) in [6.45, 7) is 0.387. The Balaban J connectivity index is 2.10. The van der Waals surface area contributed by atoms with Gasteiger partial charge in [0.05, 0.1) is 23.3 Å². The second-order valence-corrected chi connectivity index (χ2v) is 5.52. The third-order valence-corrected chi connectivity index (χ3v) is 4.09. The Morgan fingerprint density at radius 2 is 2.08 bits per heavy atom. The van der Waals surface area contributed by atoms with Crippen molar-refractivity contribution in [3.05, 3.63) is 77.9 Å². The number of hydrogen-bond donors (Lipinski definition) is 1. The SMILES string of the molecule is NC(=O)c1cccc2c1c1[c]ccc(F)c1n2Cc1ccccn1. The normalized spacial score (nSPS) is 11.2. The molecule has 0 aliphatic rings. The van der Waals surface area contributed by atoms with E-state index in [1.165, 1.54) is 12.1 Å². The van der Waals surface area contributed by atoms with E-state index in [1.54, 1.807) is 18.3 Å². The molecule has 0 unspecified atom stereocenters. The summed E-state index contributed by atoms with van der Waals surface area (Å²) in [5.41, 5.74) is 7.78. The van der Waals surface area contributed by atoms with Crippen LogP contribution in [0.1, 0.15) is 16.1 Å². The molecule has 0 aliphatic carbocycles. The number of carbonyl (C=O) groups is 1. The van der Waals surface area contributed by atoms with E-state index in [9.17, 15) is 9.18 Å². The highest BCUT2D eigenvalue weighted by molar-refractivity contribution is 6.17. The highest BCUT2D eigenvalue weighted by Gasteiger charge is 2.19. The molecule has 1 amide bonds. The number of pyridine rings is 1. The number of rotatable bonds is 3. The summed E-state index contributed by atoms with van der Waals surface area (Å²) in [5.74, 6) is -0.915. The van der Waals surface area contributed by atoms with Crippen molar-refractivity contribution in [2.45, 2.75) is 6.54 Å². The minimum atomic E-state index is -0.546. The van der Waals surface area contributed by atoms with Crippen LogP contribution in [0, 0.1) is 11.9 Å². The largest absolute Gasteiger partial charge is 0.366 e. The monoisotopic (exact) mass is 318 g/mol. The molecule has 0 fully saturated rings. The Morgan fingerprint density at radius 3 is 2.83 bits per heavy atom. The first kappa shape index (κ1) is 14.4. The second kappa shape index (κ2) is 5.45. The summed E-state index contributed by atoms with van der Waals surface area (Å²) in [7, 11) is 0. The Morgan fingerprint density at radius 1 is 1.21 bits per heavy atom. The van der Waals surface area contributed by atoms with Gasteiger partial charge in [-0.1, -0.05) is 18.2 Å². The van der Waals surface area contributed by atoms with Crippen molar-refractivity contribution in [1.82, 2.24) is 9.55 Å². The van der Waals surface area contributed by atoms with Crippen LogP contribution in [0.25, 0.3) is 21.8 Å². The van der Waals surface area contributed by atoms with Gasteiger partial charge in [0, 0.05) is 22.5 Å². The molecule has 117 valence electrons. The van der Waals surface area contributed by atoms with Crippen LogP contribution >= 0.6 is 0 Å². The Bertz CT molecular complexity index is 1070. The summed E-state index contributed by atoms with van der Waals surface area (Å²) in [5, 5.41) is 1.17. The maximum absolute atomic E-state index is 14.5. The molecule has 2 N–H and O–H groups in total. The molecule has 0 spiro atoms. The van der Waals surface area contributed by atoms with E-state index in [-0.39, 0.29) is 5.82 Å². The number of benzene rings is 2. The number of nitrogens with two attached hydrogens (primary N) is 1. The summed E-state index contributed by atoms with van der Waals surface area (Å²) in [4.78, 5) is 16.1. The smallest absolute Gasteiger partial charge is 0.249 e. The third-order valence-electron chi connectivity index (χ3n) is 4.09. The van der Waals surface area contributed by atoms with Gasteiger partial charge in [-0.2, -0.15) is 0 Å². The lowest BCUT2D eigenvalue weighted by molar-refractivity contribution is 0.100. The van der Waals surface area contributed by atoms with E-state index >= 15 is 0 Å². The lowest BCUT2D eigenvalue weighted by Gasteiger charge is -2.07. The van der Waals surface area contributed by atoms with Gasteiger partial charge >= 0.3 is 0 Å². The molecule has 4 rings (SSSR count). The fourth-order valence-electron chi connectivity index (χ4n) is 3.09. The number of aromatic nitrogens is 2. The zero-order chi connectivity index (χ0) is 16.7. The number of halogens is 1. The fraction of sp³-hybridized carbons (Fsp3) is 0.0526. The molecule has 0 atom stereocenters. The first-order chi connectivity index (χ1) is 11.7. The van der Waals surface area contributed by atoms with E-state index < -0.39 is 5.91 Å². The lowest BCUT2D eigenvalue weighted by Crippen LogP contribution is -2.11. The number of nitrogens with zero attached hydrogens (tertiary/aromatic N) is 2. The summed E-state index contributed by atoms with van der Waals surface area (Å²) in [6.07, 6.45) is 1.69. The molecular weight excluding hydrogens is 305 g/mol. The number of carbonyl (C=O) groups excluding carboxylic acids is 1. The number of amides is 1. The van der Waals surface area contributed by atoms with Gasteiger partial charge in [-0.05, 0) is 36.4 Å². The summed E-state index contributed by atoms with van der Waals surface area (Å²) < 4.78 is 16.4. The van der Waals surface area contributed by atoms with Crippen molar-refractivity contribution < 1.29 is 9.18 Å². The van der Waals surface area contributed by atoms with Crippen LogP contribution < -0.4 is 5.73 Å². The van der Waals surface area contributed by atoms with Crippen molar-refractivity contribution in [2.24, 2.45) is 5.73 Å². The van der Waals surface area contributed by atoms with E-state index in [1.807, 2.05) is 28.8 Å². The van der Waals surface area contributed by atoms with E-state index in [2.05, 4.69) is 11.1 Å². The van der Waals surface area contributed by atoms with Crippen LogP contribution in [0.15, 0.2) is 54.7 Å². The van der Waals surface area contributed by atoms with E-state index in [4.69, 9.17) is 5.73 Å². The lowest BCUT2D eigenvalue weighted by atomic mass is 10.1. The van der Waals surface area contributed by atoms with Crippen LogP contribution in [0.4, 0.5) is 4.39 Å². The second-order valence-electron chi connectivity index (χ2n) is 5.52. The quantitative estimate of drug-likeness (QED) is 0.630. The molecular formula is C19H13FN3O. The molecule has 0 bridgehead atoms. The minimum Gasteiger partial charge on any atom is -0.366 e. The van der Waals surface area contributed by atoms with Crippen molar-refractivity contribution in [3.63, 3.8) is 0 Å². The highest BCUT2D eigenvalue weighted by atomic mass is 19.1. The van der Waals surface area contributed by atoms with Gasteiger partial charge in [-0.15, -0.1) is 0 Å². The Kier molecular flexibility index (Phi) is 3.27. The number of hydrogen-bond acceptors (Lipinski definition) is 2. The van der Waals surface area contributed by atoms with E-state index in [0.717, 1.165) is 11.2 Å². The molecule has 2 heterocycles. The number of fused-ring (bicyclic) bond motifs is 3. The molecule has 0 saturated carbocycles. The summed E-state index contributed by atoms with van der Waals surface area (Å²) in [6, 6.07) is 16.7. The van der Waals surface area contributed by atoms with Gasteiger partial charge in [0.25, 0.3) is 0 Å². The molecule has 4 aromatic rings. The van der Waals surface area contributed by atoms with Crippen LogP contribution in [-0.4, -0.2) is 15.5 Å². The molecule has 0 aliphatic heterocycles. The predicted molar refractivity (Wildman–Crippen MR) is 90.1 cm³/mol. The van der Waals surface area contributed by atoms with Crippen molar-refractivity contribution >= 4 is 27.7 Å².